The molecule has 110 valence electrons. The second-order valence-electron chi connectivity index (χ2n) is 5.06. The smallest absolute Gasteiger partial charge is 0.129 e. The van der Waals surface area contributed by atoms with Crippen molar-refractivity contribution in [2.24, 2.45) is 0 Å². The molecule has 1 unspecified atom stereocenters. The van der Waals surface area contributed by atoms with E-state index in [1.807, 2.05) is 30.6 Å². The monoisotopic (exact) mass is 410 g/mol. The maximum atomic E-state index is 4.50. The van der Waals surface area contributed by atoms with Gasteiger partial charge in [-0.25, -0.2) is 4.98 Å². The Morgan fingerprint density at radius 1 is 1.05 bits per heavy atom. The van der Waals surface area contributed by atoms with Crippen LogP contribution in [0.4, 0.5) is 5.82 Å². The molecule has 1 N–H and O–H groups in total. The summed E-state index contributed by atoms with van der Waals surface area (Å²) in [6.07, 6.45) is 5.90. The predicted molar refractivity (Wildman–Crippen MR) is 91.2 cm³/mol. The fourth-order valence-electron chi connectivity index (χ4n) is 2.48. The van der Waals surface area contributed by atoms with Gasteiger partial charge in [0.1, 0.15) is 5.82 Å². The summed E-state index contributed by atoms with van der Waals surface area (Å²) >= 11 is 6.85. The van der Waals surface area contributed by atoms with Gasteiger partial charge in [-0.3, -0.25) is 10.3 Å². The Morgan fingerprint density at radius 3 is 2.48 bits per heavy atom. The van der Waals surface area contributed by atoms with Crippen LogP contribution in [0, 0.1) is 0 Å². The topological polar surface area (TPSA) is 41.1 Å². The van der Waals surface area contributed by atoms with E-state index in [1.165, 1.54) is 0 Å². The van der Waals surface area contributed by atoms with Gasteiger partial charge < -0.3 is 4.90 Å². The van der Waals surface area contributed by atoms with E-state index in [2.05, 4.69) is 58.1 Å². The largest absolute Gasteiger partial charge is 0.344 e. The first-order valence-electron chi connectivity index (χ1n) is 6.94. The van der Waals surface area contributed by atoms with Crippen LogP contribution < -0.4 is 10.2 Å². The van der Waals surface area contributed by atoms with Crippen LogP contribution >= 0.6 is 31.9 Å². The van der Waals surface area contributed by atoms with E-state index in [9.17, 15) is 0 Å². The average Bonchev–Trinajstić information content (AvgIpc) is 2.75. The van der Waals surface area contributed by atoms with E-state index >= 15 is 0 Å². The molecule has 1 atom stereocenters. The summed E-state index contributed by atoms with van der Waals surface area (Å²) in [5, 5.41) is 3.58. The maximum Gasteiger partial charge on any atom is 0.129 e. The number of nitrogens with zero attached hydrogens (tertiary/aromatic N) is 3. The molecule has 0 aliphatic carbocycles. The van der Waals surface area contributed by atoms with E-state index < -0.39 is 0 Å². The lowest BCUT2D eigenvalue weighted by atomic mass is 10.1. The van der Waals surface area contributed by atoms with Gasteiger partial charge in [0.25, 0.3) is 0 Å². The van der Waals surface area contributed by atoms with Gasteiger partial charge in [-0.1, -0.05) is 0 Å². The molecule has 1 fully saturated rings. The Morgan fingerprint density at radius 2 is 1.81 bits per heavy atom. The van der Waals surface area contributed by atoms with Crippen LogP contribution in [0.1, 0.15) is 24.6 Å². The molecule has 0 spiro atoms. The lowest BCUT2D eigenvalue weighted by molar-refractivity contribution is 0.522. The summed E-state index contributed by atoms with van der Waals surface area (Å²) < 4.78 is 2.02. The molecule has 1 aliphatic rings. The predicted octanol–water partition coefficient (Wildman–Crippen LogP) is 3.89. The summed E-state index contributed by atoms with van der Waals surface area (Å²) in [6.45, 7) is 1.80. The number of halogens is 2. The number of rotatable bonds is 2. The fourth-order valence-corrected chi connectivity index (χ4v) is 2.95. The normalized spacial score (nSPS) is 19.3. The van der Waals surface area contributed by atoms with Crippen molar-refractivity contribution in [3.8, 4) is 0 Å². The van der Waals surface area contributed by atoms with Crippen LogP contribution in [0.5, 0.6) is 0 Å². The van der Waals surface area contributed by atoms with E-state index in [0.29, 0.717) is 6.04 Å². The lowest BCUT2D eigenvalue weighted by Crippen LogP contribution is -2.34. The van der Waals surface area contributed by atoms with E-state index in [4.69, 9.17) is 0 Å². The van der Waals surface area contributed by atoms with Gasteiger partial charge in [0.05, 0.1) is 18.4 Å². The van der Waals surface area contributed by atoms with Gasteiger partial charge in [-0.15, -0.1) is 0 Å². The Bertz CT molecular complexity index is 532. The molecule has 3 heterocycles. The van der Waals surface area contributed by atoms with Crippen molar-refractivity contribution in [1.29, 1.82) is 0 Å². The minimum Gasteiger partial charge on any atom is -0.344 e. The number of nitrogens with one attached hydrogen (secondary N) is 1. The molecule has 0 saturated carbocycles. The number of anilines is 1. The van der Waals surface area contributed by atoms with E-state index in [-0.39, 0.29) is 0 Å². The third-order valence-corrected chi connectivity index (χ3v) is 4.53. The molecule has 2 aromatic rings. The highest BCUT2D eigenvalue weighted by atomic mass is 79.9. The summed E-state index contributed by atoms with van der Waals surface area (Å²) in [6, 6.07) is 8.50. The van der Waals surface area contributed by atoms with Crippen LogP contribution in [0.3, 0.4) is 0 Å². The molecule has 0 bridgehead atoms. The van der Waals surface area contributed by atoms with Gasteiger partial charge >= 0.3 is 0 Å². The second-order valence-corrected chi connectivity index (χ2v) is 6.89. The van der Waals surface area contributed by atoms with Crippen molar-refractivity contribution < 1.29 is 0 Å². The lowest BCUT2D eigenvalue weighted by Gasteiger charge is -2.22. The Kier molecular flexibility index (Phi) is 4.87. The summed E-state index contributed by atoms with van der Waals surface area (Å²) in [5.74, 6) is 1.01. The molecule has 0 radical (unpaired) electrons. The minimum absolute atomic E-state index is 0.304. The zero-order valence-electron chi connectivity index (χ0n) is 11.5. The number of aromatic nitrogens is 2. The Labute approximate surface area is 141 Å². The first kappa shape index (κ1) is 14.9. The van der Waals surface area contributed by atoms with Crippen LogP contribution in [-0.4, -0.2) is 23.2 Å². The van der Waals surface area contributed by atoms with Crippen molar-refractivity contribution >= 4 is 37.7 Å². The Hall–Kier alpha value is -0.980. The molecule has 4 nitrogen and oxygen atoms in total. The van der Waals surface area contributed by atoms with Crippen LogP contribution in [-0.2, 0) is 0 Å². The van der Waals surface area contributed by atoms with Crippen LogP contribution in [0.15, 0.2) is 45.6 Å². The zero-order chi connectivity index (χ0) is 14.7. The fraction of sp³-hybridized carbons (Fsp3) is 0.333. The first-order valence-corrected chi connectivity index (χ1v) is 8.52. The molecule has 6 heteroatoms. The SMILES string of the molecule is Brc1ccc(C2CCCN(c3ccc(Br)cn3)CN2)nc1. The first-order chi connectivity index (χ1) is 10.2. The van der Waals surface area contributed by atoms with Crippen molar-refractivity contribution in [2.45, 2.75) is 18.9 Å². The summed E-state index contributed by atoms with van der Waals surface area (Å²) in [5.41, 5.74) is 1.10. The van der Waals surface area contributed by atoms with E-state index in [1.54, 1.807) is 0 Å². The Balaban J connectivity index is 1.69. The van der Waals surface area contributed by atoms with Crippen LogP contribution in [0.2, 0.25) is 0 Å². The molecule has 0 aromatic carbocycles. The molecular weight excluding hydrogens is 396 g/mol. The van der Waals surface area contributed by atoms with Gasteiger partial charge in [-0.05, 0) is 69.0 Å². The molecule has 2 aromatic heterocycles. The standard InChI is InChI=1S/C15H16Br2N4/c16-11-3-5-14(18-8-11)13-2-1-7-21(10-20-13)15-6-4-12(17)9-19-15/h3-6,8-9,13,20H,1-2,7,10H2. The molecular formula is C15H16Br2N4. The molecule has 3 rings (SSSR count). The number of hydrogen-bond acceptors (Lipinski definition) is 4. The third-order valence-electron chi connectivity index (χ3n) is 3.59. The molecule has 1 aliphatic heterocycles. The van der Waals surface area contributed by atoms with Gasteiger partial charge in [0.15, 0.2) is 0 Å². The average molecular weight is 412 g/mol. The molecule has 0 amide bonds. The van der Waals surface area contributed by atoms with Crippen molar-refractivity contribution in [3.63, 3.8) is 0 Å². The number of hydrogen-bond donors (Lipinski definition) is 1. The third kappa shape index (κ3) is 3.81. The summed E-state index contributed by atoms with van der Waals surface area (Å²) in [4.78, 5) is 11.2. The zero-order valence-corrected chi connectivity index (χ0v) is 14.6. The quantitative estimate of drug-likeness (QED) is 0.813. The molecule has 21 heavy (non-hydrogen) atoms. The number of pyridine rings is 2. The van der Waals surface area contributed by atoms with Gasteiger partial charge in [0.2, 0.25) is 0 Å². The second kappa shape index (κ2) is 6.85. The maximum absolute atomic E-state index is 4.50. The van der Waals surface area contributed by atoms with Crippen molar-refractivity contribution in [3.05, 3.63) is 51.3 Å². The van der Waals surface area contributed by atoms with Crippen molar-refractivity contribution in [2.75, 3.05) is 18.1 Å². The highest BCUT2D eigenvalue weighted by Gasteiger charge is 2.19. The van der Waals surface area contributed by atoms with Gasteiger partial charge in [-0.2, -0.15) is 0 Å². The highest BCUT2D eigenvalue weighted by Crippen LogP contribution is 2.23. The highest BCUT2D eigenvalue weighted by molar-refractivity contribution is 9.10. The van der Waals surface area contributed by atoms with Crippen LogP contribution in [0.25, 0.3) is 0 Å². The van der Waals surface area contributed by atoms with Crippen molar-refractivity contribution in [1.82, 2.24) is 15.3 Å². The van der Waals surface area contributed by atoms with E-state index in [0.717, 1.165) is 46.5 Å². The molecule has 1 saturated heterocycles. The summed E-state index contributed by atoms with van der Waals surface area (Å²) in [7, 11) is 0. The minimum atomic E-state index is 0.304. The van der Waals surface area contributed by atoms with Gasteiger partial charge in [0, 0.05) is 27.9 Å².